The van der Waals surface area contributed by atoms with E-state index < -0.39 is 0 Å². The molecule has 0 spiro atoms. The Balaban J connectivity index is 1.44. The Morgan fingerprint density at radius 3 is 2.56 bits per heavy atom. The Labute approximate surface area is 188 Å². The smallest absolute Gasteiger partial charge is 0.322 e. The van der Waals surface area contributed by atoms with Crippen LogP contribution in [0.25, 0.3) is 16.7 Å². The van der Waals surface area contributed by atoms with Crippen LogP contribution in [0.1, 0.15) is 11.4 Å². The average Bonchev–Trinajstić information content (AvgIpc) is 3.19. The second-order valence-electron chi connectivity index (χ2n) is 7.18. The number of hydrogen-bond acceptors (Lipinski definition) is 7. The molecule has 0 aliphatic carbocycles. The molecule has 9 heteroatoms. The maximum absolute atomic E-state index is 6.13. The Hall–Kier alpha value is -4.04. The molecular weight excluding hydrogens is 426 g/mol. The van der Waals surface area contributed by atoms with Gasteiger partial charge in [-0.1, -0.05) is 23.7 Å². The molecule has 0 aliphatic heterocycles. The first-order valence-corrected chi connectivity index (χ1v) is 10.2. The number of aromatic nitrogens is 6. The second kappa shape index (κ2) is 8.24. The molecule has 3 heterocycles. The number of ether oxygens (including phenoxy) is 1. The molecule has 0 unspecified atom stereocenters. The molecular formula is C23H18ClN7O. The monoisotopic (exact) mass is 443 g/mol. The minimum absolute atomic E-state index is 0.312. The van der Waals surface area contributed by atoms with Crippen molar-refractivity contribution in [1.29, 1.82) is 0 Å². The van der Waals surface area contributed by atoms with E-state index in [4.69, 9.17) is 16.3 Å². The zero-order valence-electron chi connectivity index (χ0n) is 17.3. The first kappa shape index (κ1) is 19.9. The molecule has 2 aromatic carbocycles. The number of halogens is 1. The van der Waals surface area contributed by atoms with E-state index in [0.717, 1.165) is 28.1 Å². The molecule has 1 N–H and O–H groups in total. The van der Waals surface area contributed by atoms with Gasteiger partial charge in [0, 0.05) is 28.2 Å². The summed E-state index contributed by atoms with van der Waals surface area (Å²) in [5.74, 6) is 1.24. The van der Waals surface area contributed by atoms with Crippen LogP contribution in [0.2, 0.25) is 5.02 Å². The van der Waals surface area contributed by atoms with Crippen molar-refractivity contribution in [3.8, 4) is 17.4 Å². The Morgan fingerprint density at radius 2 is 1.75 bits per heavy atom. The number of fused-ring (bicyclic) bond motifs is 1. The fourth-order valence-electron chi connectivity index (χ4n) is 3.36. The van der Waals surface area contributed by atoms with E-state index in [0.29, 0.717) is 28.2 Å². The van der Waals surface area contributed by atoms with Gasteiger partial charge < -0.3 is 10.1 Å². The van der Waals surface area contributed by atoms with Crippen LogP contribution < -0.4 is 10.1 Å². The average molecular weight is 444 g/mol. The van der Waals surface area contributed by atoms with Crippen LogP contribution in [0.5, 0.6) is 11.8 Å². The van der Waals surface area contributed by atoms with Crippen LogP contribution in [0, 0.1) is 13.8 Å². The quantitative estimate of drug-likeness (QED) is 0.388. The minimum atomic E-state index is 0.312. The molecule has 0 radical (unpaired) electrons. The van der Waals surface area contributed by atoms with E-state index >= 15 is 0 Å². The van der Waals surface area contributed by atoms with Gasteiger partial charge >= 0.3 is 6.01 Å². The highest BCUT2D eigenvalue weighted by atomic mass is 35.5. The first-order valence-electron chi connectivity index (χ1n) is 9.87. The summed E-state index contributed by atoms with van der Waals surface area (Å²) in [5, 5.41) is 9.20. The van der Waals surface area contributed by atoms with Crippen LogP contribution in [-0.2, 0) is 0 Å². The molecule has 0 amide bonds. The molecule has 0 saturated heterocycles. The molecule has 0 atom stereocenters. The van der Waals surface area contributed by atoms with Crippen molar-refractivity contribution >= 4 is 34.1 Å². The zero-order chi connectivity index (χ0) is 22.1. The lowest BCUT2D eigenvalue weighted by atomic mass is 10.3. The molecule has 5 rings (SSSR count). The Bertz CT molecular complexity index is 1410. The van der Waals surface area contributed by atoms with Gasteiger partial charge in [-0.2, -0.15) is 5.10 Å². The molecule has 0 fully saturated rings. The number of nitrogens with one attached hydrogen (secondary N) is 1. The lowest BCUT2D eigenvalue weighted by Gasteiger charge is -2.10. The molecule has 0 saturated carbocycles. The number of anilines is 2. The number of aryl methyl sites for hydroxylation is 2. The molecule has 0 aliphatic rings. The summed E-state index contributed by atoms with van der Waals surface area (Å²) in [4.78, 5) is 17.5. The van der Waals surface area contributed by atoms with Crippen LogP contribution in [0.4, 0.5) is 11.5 Å². The van der Waals surface area contributed by atoms with Gasteiger partial charge in [-0.3, -0.25) is 0 Å². The maximum atomic E-state index is 6.13. The highest BCUT2D eigenvalue weighted by Crippen LogP contribution is 2.28. The topological polar surface area (TPSA) is 90.6 Å². The summed E-state index contributed by atoms with van der Waals surface area (Å²) in [6.07, 6.45) is 3.22. The normalized spacial score (nSPS) is 11.0. The largest absolute Gasteiger partial charge is 0.424 e. The fourth-order valence-corrected chi connectivity index (χ4v) is 3.54. The van der Waals surface area contributed by atoms with Gasteiger partial charge in [0.05, 0.1) is 17.3 Å². The van der Waals surface area contributed by atoms with E-state index in [9.17, 15) is 0 Å². The van der Waals surface area contributed by atoms with Gasteiger partial charge in [-0.15, -0.1) is 0 Å². The van der Waals surface area contributed by atoms with Crippen LogP contribution >= 0.6 is 11.6 Å². The molecule has 32 heavy (non-hydrogen) atoms. The first-order chi connectivity index (χ1) is 15.5. The molecule has 3 aromatic heterocycles. The summed E-state index contributed by atoms with van der Waals surface area (Å²) in [5.41, 5.74) is 3.98. The third-order valence-corrected chi connectivity index (χ3v) is 4.92. The SMILES string of the molecule is Cc1cc(C)nc(Oc2cccc(Nc3ncnc4c3cnn4-c3cccc(Cl)c3)c2)n1. The number of benzene rings is 2. The van der Waals surface area contributed by atoms with Gasteiger partial charge in [0.2, 0.25) is 0 Å². The fraction of sp³-hybridized carbons (Fsp3) is 0.0870. The lowest BCUT2D eigenvalue weighted by molar-refractivity contribution is 0.439. The predicted octanol–water partition coefficient (Wildman–Crippen LogP) is 5.41. The van der Waals surface area contributed by atoms with Crippen molar-refractivity contribution in [3.05, 3.63) is 83.5 Å². The van der Waals surface area contributed by atoms with E-state index in [1.807, 2.05) is 68.4 Å². The summed E-state index contributed by atoms with van der Waals surface area (Å²) in [7, 11) is 0. The van der Waals surface area contributed by atoms with Gasteiger partial charge in [-0.25, -0.2) is 24.6 Å². The second-order valence-corrected chi connectivity index (χ2v) is 7.62. The summed E-state index contributed by atoms with van der Waals surface area (Å²) < 4.78 is 7.58. The highest BCUT2D eigenvalue weighted by molar-refractivity contribution is 6.30. The summed E-state index contributed by atoms with van der Waals surface area (Å²) in [6.45, 7) is 3.81. The Morgan fingerprint density at radius 1 is 0.938 bits per heavy atom. The summed E-state index contributed by atoms with van der Waals surface area (Å²) in [6, 6.07) is 17.2. The van der Waals surface area contributed by atoms with Gasteiger partial charge in [0.15, 0.2) is 5.65 Å². The maximum Gasteiger partial charge on any atom is 0.322 e. The van der Waals surface area contributed by atoms with Crippen LogP contribution in [-0.4, -0.2) is 29.7 Å². The third kappa shape index (κ3) is 4.08. The highest BCUT2D eigenvalue weighted by Gasteiger charge is 2.12. The number of hydrogen-bond donors (Lipinski definition) is 1. The minimum Gasteiger partial charge on any atom is -0.424 e. The lowest BCUT2D eigenvalue weighted by Crippen LogP contribution is -2.00. The van der Waals surface area contributed by atoms with Crippen molar-refractivity contribution in [2.45, 2.75) is 13.8 Å². The van der Waals surface area contributed by atoms with Crippen LogP contribution in [0.3, 0.4) is 0 Å². The van der Waals surface area contributed by atoms with Gasteiger partial charge in [0.25, 0.3) is 0 Å². The van der Waals surface area contributed by atoms with Crippen LogP contribution in [0.15, 0.2) is 67.1 Å². The molecule has 158 valence electrons. The molecule has 5 aromatic rings. The Kier molecular flexibility index (Phi) is 5.12. The van der Waals surface area contributed by atoms with Gasteiger partial charge in [-0.05, 0) is 50.2 Å². The number of nitrogens with zero attached hydrogens (tertiary/aromatic N) is 6. The van der Waals surface area contributed by atoms with Crippen molar-refractivity contribution in [1.82, 2.24) is 29.7 Å². The standard InChI is InChI=1S/C23H18ClN7O/c1-14-9-15(2)29-23(28-14)32-19-8-4-6-17(11-19)30-21-20-12-27-31(22(20)26-13-25-21)18-7-3-5-16(24)10-18/h3-13H,1-2H3,(H,25,26,30). The van der Waals surface area contributed by atoms with Crippen molar-refractivity contribution in [2.75, 3.05) is 5.32 Å². The van der Waals surface area contributed by atoms with E-state index in [1.165, 1.54) is 6.33 Å². The van der Waals surface area contributed by atoms with Crippen molar-refractivity contribution in [2.24, 2.45) is 0 Å². The van der Waals surface area contributed by atoms with Gasteiger partial charge in [0.1, 0.15) is 17.9 Å². The number of rotatable bonds is 5. The molecule has 0 bridgehead atoms. The summed E-state index contributed by atoms with van der Waals surface area (Å²) >= 11 is 6.13. The van der Waals surface area contributed by atoms with E-state index in [-0.39, 0.29) is 0 Å². The zero-order valence-corrected chi connectivity index (χ0v) is 18.1. The van der Waals surface area contributed by atoms with Crippen molar-refractivity contribution < 1.29 is 4.74 Å². The van der Waals surface area contributed by atoms with E-state index in [2.05, 4.69) is 30.4 Å². The van der Waals surface area contributed by atoms with Crippen molar-refractivity contribution in [3.63, 3.8) is 0 Å². The molecule has 8 nitrogen and oxygen atoms in total. The third-order valence-electron chi connectivity index (χ3n) is 4.69. The van der Waals surface area contributed by atoms with E-state index in [1.54, 1.807) is 10.9 Å². The predicted molar refractivity (Wildman–Crippen MR) is 123 cm³/mol.